The van der Waals surface area contributed by atoms with Crippen LogP contribution in [0.25, 0.3) is 27.9 Å². The number of aromatic nitrogens is 2. The first kappa shape index (κ1) is 25.6. The minimum Gasteiger partial charge on any atom is -0.490 e. The molecular weight excluding hydrogens is 522 g/mol. The lowest BCUT2D eigenvalue weighted by atomic mass is 9.96. The molecule has 7 nitrogen and oxygen atoms in total. The van der Waals surface area contributed by atoms with Crippen LogP contribution >= 0.6 is 11.3 Å². The van der Waals surface area contributed by atoms with Crippen molar-refractivity contribution in [1.29, 1.82) is 0 Å². The van der Waals surface area contributed by atoms with Gasteiger partial charge in [0.15, 0.2) is 4.80 Å². The van der Waals surface area contributed by atoms with E-state index >= 15 is 0 Å². The molecule has 8 heteroatoms. The number of benzene rings is 3. The van der Waals surface area contributed by atoms with Gasteiger partial charge >= 0.3 is 5.97 Å². The van der Waals surface area contributed by atoms with Crippen LogP contribution in [0.5, 0.6) is 5.75 Å². The Morgan fingerprint density at radius 3 is 2.65 bits per heavy atom. The van der Waals surface area contributed by atoms with Crippen molar-refractivity contribution in [3.8, 4) is 5.75 Å². The van der Waals surface area contributed by atoms with Gasteiger partial charge in [-0.25, -0.2) is 9.79 Å². The zero-order valence-electron chi connectivity index (χ0n) is 22.1. The third kappa shape index (κ3) is 4.46. The second-order valence-corrected chi connectivity index (χ2v) is 10.5. The highest BCUT2D eigenvalue weighted by Crippen LogP contribution is 2.32. The number of nitrogens with zero attached hydrogens (tertiary/aromatic N) is 2. The summed E-state index contributed by atoms with van der Waals surface area (Å²) in [7, 11) is 0. The largest absolute Gasteiger partial charge is 0.490 e. The number of hydrogen-bond donors (Lipinski definition) is 1. The molecule has 3 heterocycles. The van der Waals surface area contributed by atoms with Crippen LogP contribution in [-0.4, -0.2) is 28.7 Å². The molecule has 0 aliphatic carbocycles. The van der Waals surface area contributed by atoms with E-state index in [2.05, 4.69) is 34.8 Å². The lowest BCUT2D eigenvalue weighted by Gasteiger charge is -2.24. The number of rotatable bonds is 7. The molecule has 6 rings (SSSR count). The number of carbonyl (C=O) groups excluding carboxylic acids is 1. The van der Waals surface area contributed by atoms with Crippen molar-refractivity contribution >= 4 is 45.2 Å². The molecule has 0 spiro atoms. The average molecular weight is 550 g/mol. The van der Waals surface area contributed by atoms with Gasteiger partial charge in [0.25, 0.3) is 5.56 Å². The van der Waals surface area contributed by atoms with Crippen LogP contribution in [0.1, 0.15) is 31.0 Å². The minimum atomic E-state index is -0.679. The number of esters is 1. The third-order valence-corrected chi connectivity index (χ3v) is 7.89. The topological polar surface area (TPSA) is 85.7 Å². The first-order chi connectivity index (χ1) is 19.5. The molecule has 1 aliphatic rings. The van der Waals surface area contributed by atoms with Gasteiger partial charge in [0.2, 0.25) is 0 Å². The van der Waals surface area contributed by atoms with Crippen molar-refractivity contribution in [3.63, 3.8) is 0 Å². The fourth-order valence-electron chi connectivity index (χ4n) is 5.12. The Hall–Kier alpha value is -4.69. The fourth-order valence-corrected chi connectivity index (χ4v) is 6.16. The van der Waals surface area contributed by atoms with Gasteiger partial charge in [-0.15, -0.1) is 0 Å². The van der Waals surface area contributed by atoms with E-state index in [4.69, 9.17) is 9.47 Å². The van der Waals surface area contributed by atoms with Gasteiger partial charge in [0, 0.05) is 21.8 Å². The monoisotopic (exact) mass is 549 g/mol. The summed E-state index contributed by atoms with van der Waals surface area (Å²) in [6, 6.07) is 21.0. The molecule has 0 bridgehead atoms. The van der Waals surface area contributed by atoms with Gasteiger partial charge in [-0.2, -0.15) is 0 Å². The number of aromatic amines is 1. The molecule has 5 aromatic rings. The minimum absolute atomic E-state index is 0.214. The van der Waals surface area contributed by atoms with E-state index in [0.29, 0.717) is 33.0 Å². The van der Waals surface area contributed by atoms with E-state index < -0.39 is 12.0 Å². The maximum atomic E-state index is 13.9. The van der Waals surface area contributed by atoms with Crippen molar-refractivity contribution in [2.24, 2.45) is 4.99 Å². The molecular formula is C32H27N3O4S. The van der Waals surface area contributed by atoms with Crippen molar-refractivity contribution in [2.75, 3.05) is 13.2 Å². The molecule has 0 radical (unpaired) electrons. The highest BCUT2D eigenvalue weighted by atomic mass is 32.1. The molecule has 1 aliphatic heterocycles. The number of ether oxygens (including phenoxy) is 2. The number of carbonyl (C=O) groups is 1. The van der Waals surface area contributed by atoms with E-state index in [9.17, 15) is 9.59 Å². The van der Waals surface area contributed by atoms with E-state index in [1.54, 1.807) is 24.5 Å². The highest BCUT2D eigenvalue weighted by molar-refractivity contribution is 7.07. The van der Waals surface area contributed by atoms with Gasteiger partial charge in [-0.1, -0.05) is 60.4 Å². The zero-order chi connectivity index (χ0) is 27.8. The Kier molecular flexibility index (Phi) is 6.69. The number of nitrogens with one attached hydrogen (secondary N) is 1. The van der Waals surface area contributed by atoms with Crippen molar-refractivity contribution < 1.29 is 14.3 Å². The Labute approximate surface area is 234 Å². The molecule has 0 saturated heterocycles. The van der Waals surface area contributed by atoms with Crippen molar-refractivity contribution in [1.82, 2.24) is 9.55 Å². The van der Waals surface area contributed by atoms with Gasteiger partial charge < -0.3 is 14.5 Å². The third-order valence-electron chi connectivity index (χ3n) is 6.91. The normalized spacial score (nSPS) is 15.2. The maximum absolute atomic E-state index is 13.9. The van der Waals surface area contributed by atoms with E-state index in [1.807, 2.05) is 54.6 Å². The van der Waals surface area contributed by atoms with Crippen molar-refractivity contribution in [3.05, 3.63) is 121 Å². The molecule has 3 aromatic carbocycles. The predicted octanol–water partition coefficient (Wildman–Crippen LogP) is 5.00. The number of thiazole rings is 1. The Morgan fingerprint density at radius 1 is 1.10 bits per heavy atom. The van der Waals surface area contributed by atoms with Crippen LogP contribution in [0.4, 0.5) is 0 Å². The lowest BCUT2D eigenvalue weighted by molar-refractivity contribution is -0.139. The van der Waals surface area contributed by atoms with Crippen LogP contribution < -0.4 is 19.6 Å². The summed E-state index contributed by atoms with van der Waals surface area (Å²) in [5, 5.41) is 2.22. The number of H-pyrrole nitrogens is 1. The number of allylic oxidation sites excluding steroid dienone is 1. The molecule has 40 heavy (non-hydrogen) atoms. The Morgan fingerprint density at radius 2 is 1.88 bits per heavy atom. The van der Waals surface area contributed by atoms with Crippen LogP contribution in [0.3, 0.4) is 0 Å². The molecule has 2 aromatic heterocycles. The molecule has 0 unspecified atom stereocenters. The predicted molar refractivity (Wildman–Crippen MR) is 158 cm³/mol. The molecule has 200 valence electrons. The fraction of sp³-hybridized carbons (Fsp3) is 0.156. The highest BCUT2D eigenvalue weighted by Gasteiger charge is 2.33. The zero-order valence-corrected chi connectivity index (χ0v) is 23.0. The Bertz CT molecular complexity index is 1990. The van der Waals surface area contributed by atoms with Crippen LogP contribution in [-0.2, 0) is 9.53 Å². The summed E-state index contributed by atoms with van der Waals surface area (Å²) in [5.74, 6) is 0.182. The second kappa shape index (κ2) is 10.5. The summed E-state index contributed by atoms with van der Waals surface area (Å²) in [6.45, 7) is 7.82. The molecule has 0 amide bonds. The van der Waals surface area contributed by atoms with Crippen molar-refractivity contribution in [2.45, 2.75) is 19.9 Å². The van der Waals surface area contributed by atoms with E-state index in [-0.39, 0.29) is 12.2 Å². The molecule has 1 N–H and O–H groups in total. The summed E-state index contributed by atoms with van der Waals surface area (Å²) < 4.78 is 13.2. The average Bonchev–Trinajstić information content (AvgIpc) is 3.48. The number of fused-ring (bicyclic) bond motifs is 4. The van der Waals surface area contributed by atoms with Crippen LogP contribution in [0.15, 0.2) is 100 Å². The SMILES string of the molecule is C=CCOc1ccc([C@H]2C(C(=O)OCC)=C(C)N=c3s/c(=C/c4ccc5[nH]c6ccccc6c5c4)c(=O)n32)cc1. The van der Waals surface area contributed by atoms with Gasteiger partial charge in [0.1, 0.15) is 12.4 Å². The Balaban J connectivity index is 1.49. The van der Waals surface area contributed by atoms with Gasteiger partial charge in [-0.05, 0) is 61.4 Å². The van der Waals surface area contributed by atoms with Gasteiger partial charge in [-0.3, -0.25) is 9.36 Å². The van der Waals surface area contributed by atoms with E-state index in [0.717, 1.165) is 32.9 Å². The summed E-state index contributed by atoms with van der Waals surface area (Å²) in [6.07, 6.45) is 3.56. The maximum Gasteiger partial charge on any atom is 0.338 e. The quantitative estimate of drug-likeness (QED) is 0.229. The lowest BCUT2D eigenvalue weighted by Crippen LogP contribution is -2.39. The first-order valence-corrected chi connectivity index (χ1v) is 13.8. The summed E-state index contributed by atoms with van der Waals surface area (Å²) >= 11 is 1.31. The summed E-state index contributed by atoms with van der Waals surface area (Å²) in [4.78, 5) is 35.7. The number of para-hydroxylation sites is 1. The van der Waals surface area contributed by atoms with Crippen LogP contribution in [0, 0.1) is 0 Å². The van der Waals surface area contributed by atoms with Gasteiger partial charge in [0.05, 0.1) is 28.5 Å². The smallest absolute Gasteiger partial charge is 0.338 e. The first-order valence-electron chi connectivity index (χ1n) is 13.0. The molecule has 0 saturated carbocycles. The van der Waals surface area contributed by atoms with Crippen LogP contribution in [0.2, 0.25) is 0 Å². The molecule has 1 atom stereocenters. The van der Waals surface area contributed by atoms with E-state index in [1.165, 1.54) is 11.3 Å². The number of hydrogen-bond acceptors (Lipinski definition) is 6. The summed E-state index contributed by atoms with van der Waals surface area (Å²) in [5.41, 5.74) is 4.44. The molecule has 0 fully saturated rings. The second-order valence-electron chi connectivity index (χ2n) is 9.45. The standard InChI is InChI=1S/C32H27N3O4S/c1-4-16-39-22-13-11-21(12-14-22)29-28(31(37)38-5-2)19(3)33-32-35(29)30(36)27(40-32)18-20-10-15-26-24(17-20)23-8-6-7-9-25(23)34-26/h4,6-15,17-18,29,34H,1,5,16H2,2-3H3/b27-18+/t29-/m0/s1.